The van der Waals surface area contributed by atoms with E-state index in [0.29, 0.717) is 13.1 Å². The summed E-state index contributed by atoms with van der Waals surface area (Å²) in [5.41, 5.74) is 2.52. The van der Waals surface area contributed by atoms with Crippen LogP contribution in [0.2, 0.25) is 0 Å². The number of ether oxygens (including phenoxy) is 1. The fraction of sp³-hybridized carbons (Fsp3) is 0.500. The summed E-state index contributed by atoms with van der Waals surface area (Å²) in [5, 5.41) is 0. The quantitative estimate of drug-likeness (QED) is 0.813. The van der Waals surface area contributed by atoms with Crippen molar-refractivity contribution in [2.24, 2.45) is 5.92 Å². The molecule has 1 amide bonds. The number of nitrogens with one attached hydrogen (secondary N) is 1. The Morgan fingerprint density at radius 1 is 1.18 bits per heavy atom. The SMILES string of the molecule is O=C1C[C@@H](C(=O)N2CCc3nc(-c4ccccc4)[nH]c3C2)C2(CCCCC2)O1. The number of amides is 1. The second kappa shape index (κ2) is 6.76. The third-order valence-corrected chi connectivity index (χ3v) is 6.51. The first-order chi connectivity index (χ1) is 13.6. The molecule has 6 nitrogen and oxygen atoms in total. The van der Waals surface area contributed by atoms with Gasteiger partial charge in [0.05, 0.1) is 30.3 Å². The van der Waals surface area contributed by atoms with Crippen molar-refractivity contribution in [2.45, 2.75) is 57.1 Å². The number of aromatic nitrogens is 2. The van der Waals surface area contributed by atoms with Gasteiger partial charge in [-0.3, -0.25) is 9.59 Å². The lowest BCUT2D eigenvalue weighted by atomic mass is 9.75. The Bertz CT molecular complexity index is 899. The highest BCUT2D eigenvalue weighted by Crippen LogP contribution is 2.45. The van der Waals surface area contributed by atoms with Gasteiger partial charge in [-0.1, -0.05) is 36.8 Å². The van der Waals surface area contributed by atoms with Crippen molar-refractivity contribution in [1.82, 2.24) is 14.9 Å². The molecular formula is C22H25N3O3. The summed E-state index contributed by atoms with van der Waals surface area (Å²) in [4.78, 5) is 35.5. The lowest BCUT2D eigenvalue weighted by Crippen LogP contribution is -2.48. The molecule has 1 aromatic carbocycles. The molecule has 1 aromatic heterocycles. The van der Waals surface area contributed by atoms with Crippen LogP contribution in [0.25, 0.3) is 11.4 Å². The molecule has 1 saturated heterocycles. The van der Waals surface area contributed by atoms with Gasteiger partial charge in [0, 0.05) is 18.5 Å². The number of hydrogen-bond acceptors (Lipinski definition) is 4. The molecule has 5 rings (SSSR count). The maximum absolute atomic E-state index is 13.4. The molecule has 0 bridgehead atoms. The van der Waals surface area contributed by atoms with Crippen molar-refractivity contribution >= 4 is 11.9 Å². The normalized spacial score (nSPS) is 23.5. The Morgan fingerprint density at radius 2 is 1.96 bits per heavy atom. The van der Waals surface area contributed by atoms with Gasteiger partial charge in [0.25, 0.3) is 0 Å². The fourth-order valence-electron chi connectivity index (χ4n) is 5.04. The molecule has 28 heavy (non-hydrogen) atoms. The lowest BCUT2D eigenvalue weighted by molar-refractivity contribution is -0.156. The maximum Gasteiger partial charge on any atom is 0.307 e. The Kier molecular flexibility index (Phi) is 4.22. The van der Waals surface area contributed by atoms with Crippen molar-refractivity contribution in [3.8, 4) is 11.4 Å². The second-order valence-electron chi connectivity index (χ2n) is 8.24. The molecule has 1 N–H and O–H groups in total. The highest BCUT2D eigenvalue weighted by molar-refractivity contribution is 5.88. The number of hydrogen-bond donors (Lipinski definition) is 1. The smallest absolute Gasteiger partial charge is 0.307 e. The molecule has 2 fully saturated rings. The van der Waals surface area contributed by atoms with Crippen LogP contribution in [0, 0.1) is 5.92 Å². The van der Waals surface area contributed by atoms with Gasteiger partial charge in [-0.05, 0) is 25.7 Å². The van der Waals surface area contributed by atoms with Gasteiger partial charge in [-0.2, -0.15) is 0 Å². The molecular weight excluding hydrogens is 354 g/mol. The van der Waals surface area contributed by atoms with Crippen LogP contribution in [0.1, 0.15) is 49.9 Å². The topological polar surface area (TPSA) is 75.3 Å². The monoisotopic (exact) mass is 379 g/mol. The molecule has 1 aliphatic carbocycles. The van der Waals surface area contributed by atoms with Crippen molar-refractivity contribution in [2.75, 3.05) is 6.54 Å². The van der Waals surface area contributed by atoms with Crippen LogP contribution in [-0.2, 0) is 27.3 Å². The first kappa shape index (κ1) is 17.5. The van der Waals surface area contributed by atoms with Crippen LogP contribution in [-0.4, -0.2) is 38.9 Å². The van der Waals surface area contributed by atoms with E-state index in [1.165, 1.54) is 0 Å². The van der Waals surface area contributed by atoms with Gasteiger partial charge in [0.2, 0.25) is 5.91 Å². The van der Waals surface area contributed by atoms with Gasteiger partial charge in [0.1, 0.15) is 11.4 Å². The van der Waals surface area contributed by atoms with E-state index in [-0.39, 0.29) is 24.2 Å². The molecule has 0 radical (unpaired) electrons. The number of carbonyl (C=O) groups excluding carboxylic acids is 2. The minimum absolute atomic E-state index is 0.0641. The standard InChI is InChI=1S/C22H25N3O3/c26-19-13-16(22(28-19)10-5-2-6-11-22)21(27)25-12-9-17-18(14-25)24-20(23-17)15-7-3-1-4-8-15/h1,3-4,7-8,16H,2,5-6,9-14H2,(H,23,24)/t16-/m0/s1. The van der Waals surface area contributed by atoms with Crippen LogP contribution in [0.4, 0.5) is 0 Å². The van der Waals surface area contributed by atoms with Crippen LogP contribution >= 0.6 is 0 Å². The molecule has 2 aromatic rings. The van der Waals surface area contributed by atoms with E-state index in [1.807, 2.05) is 35.2 Å². The largest absolute Gasteiger partial charge is 0.458 e. The van der Waals surface area contributed by atoms with Crippen molar-refractivity contribution < 1.29 is 14.3 Å². The molecule has 1 spiro atoms. The van der Waals surface area contributed by atoms with E-state index in [4.69, 9.17) is 9.72 Å². The minimum atomic E-state index is -0.560. The van der Waals surface area contributed by atoms with E-state index in [9.17, 15) is 9.59 Å². The number of aromatic amines is 1. The predicted molar refractivity (Wildman–Crippen MR) is 103 cm³/mol. The molecule has 6 heteroatoms. The first-order valence-electron chi connectivity index (χ1n) is 10.3. The summed E-state index contributed by atoms with van der Waals surface area (Å²) in [5.74, 6) is 0.363. The third kappa shape index (κ3) is 2.91. The Morgan fingerprint density at radius 3 is 2.75 bits per heavy atom. The molecule has 2 aliphatic heterocycles. The Hall–Kier alpha value is -2.63. The van der Waals surface area contributed by atoms with Gasteiger partial charge >= 0.3 is 5.97 Å². The number of rotatable bonds is 2. The van der Waals surface area contributed by atoms with Crippen LogP contribution in [0.5, 0.6) is 0 Å². The van der Waals surface area contributed by atoms with Gasteiger partial charge in [0.15, 0.2) is 0 Å². The van der Waals surface area contributed by atoms with Gasteiger partial charge in [-0.15, -0.1) is 0 Å². The maximum atomic E-state index is 13.4. The zero-order valence-electron chi connectivity index (χ0n) is 15.9. The molecule has 0 unspecified atom stereocenters. The first-order valence-corrected chi connectivity index (χ1v) is 10.3. The van der Waals surface area contributed by atoms with Crippen LogP contribution < -0.4 is 0 Å². The molecule has 1 saturated carbocycles. The zero-order valence-corrected chi connectivity index (χ0v) is 15.9. The zero-order chi connectivity index (χ0) is 19.1. The van der Waals surface area contributed by atoms with Crippen molar-refractivity contribution in [3.05, 3.63) is 41.7 Å². The summed E-state index contributed by atoms with van der Waals surface area (Å²) >= 11 is 0. The number of H-pyrrole nitrogens is 1. The van der Waals surface area contributed by atoms with Crippen molar-refractivity contribution in [1.29, 1.82) is 0 Å². The highest BCUT2D eigenvalue weighted by Gasteiger charge is 2.54. The summed E-state index contributed by atoms with van der Waals surface area (Å²) < 4.78 is 5.74. The van der Waals surface area contributed by atoms with Crippen molar-refractivity contribution in [3.63, 3.8) is 0 Å². The number of benzene rings is 1. The minimum Gasteiger partial charge on any atom is -0.458 e. The van der Waals surface area contributed by atoms with Crippen LogP contribution in [0.3, 0.4) is 0 Å². The fourth-order valence-corrected chi connectivity index (χ4v) is 5.04. The van der Waals surface area contributed by atoms with E-state index in [0.717, 1.165) is 61.3 Å². The molecule has 146 valence electrons. The number of fused-ring (bicyclic) bond motifs is 1. The lowest BCUT2D eigenvalue weighted by Gasteiger charge is -2.38. The summed E-state index contributed by atoms with van der Waals surface area (Å²) in [7, 11) is 0. The average Bonchev–Trinajstić information content (AvgIpc) is 3.29. The Labute approximate surface area is 164 Å². The molecule has 3 aliphatic rings. The van der Waals surface area contributed by atoms with E-state index in [2.05, 4.69) is 4.98 Å². The number of carbonyl (C=O) groups is 2. The summed E-state index contributed by atoms with van der Waals surface area (Å²) in [6, 6.07) is 10.0. The van der Waals surface area contributed by atoms with E-state index < -0.39 is 5.60 Å². The number of imidazole rings is 1. The van der Waals surface area contributed by atoms with Crippen LogP contribution in [0.15, 0.2) is 30.3 Å². The van der Waals surface area contributed by atoms with E-state index >= 15 is 0 Å². The average molecular weight is 379 g/mol. The number of esters is 1. The summed E-state index contributed by atoms with van der Waals surface area (Å²) in [6.45, 7) is 1.17. The van der Waals surface area contributed by atoms with E-state index in [1.54, 1.807) is 0 Å². The van der Waals surface area contributed by atoms with Gasteiger partial charge in [-0.25, -0.2) is 4.98 Å². The number of nitrogens with zero attached hydrogens (tertiary/aromatic N) is 2. The van der Waals surface area contributed by atoms with Gasteiger partial charge < -0.3 is 14.6 Å². The predicted octanol–water partition coefficient (Wildman–Crippen LogP) is 3.23. The second-order valence-corrected chi connectivity index (χ2v) is 8.24. The third-order valence-electron chi connectivity index (χ3n) is 6.51. The summed E-state index contributed by atoms with van der Waals surface area (Å²) in [6.07, 6.45) is 5.81. The highest BCUT2D eigenvalue weighted by atomic mass is 16.6. The Balaban J connectivity index is 1.36. The molecule has 3 heterocycles. The molecule has 1 atom stereocenters.